The summed E-state index contributed by atoms with van der Waals surface area (Å²) in [4.78, 5) is 52.2. The summed E-state index contributed by atoms with van der Waals surface area (Å²) in [5.41, 5.74) is 4.86. The van der Waals surface area contributed by atoms with E-state index in [2.05, 4.69) is 50.3 Å². The summed E-state index contributed by atoms with van der Waals surface area (Å²) < 4.78 is 4.65. The van der Waals surface area contributed by atoms with E-state index < -0.39 is 18.2 Å². The first-order valence-corrected chi connectivity index (χ1v) is 16.1. The molecule has 2 aliphatic heterocycles. The van der Waals surface area contributed by atoms with Crippen molar-refractivity contribution in [1.82, 2.24) is 15.5 Å². The maximum Gasteiger partial charge on any atom is 0.407 e. The van der Waals surface area contributed by atoms with Gasteiger partial charge in [0.15, 0.2) is 0 Å². The lowest BCUT2D eigenvalue weighted by molar-refractivity contribution is -0.138. The molecule has 5 rings (SSSR count). The van der Waals surface area contributed by atoms with Crippen molar-refractivity contribution in [2.45, 2.75) is 69.5 Å². The molecule has 2 saturated heterocycles. The number of hydrogen-bond acceptors (Lipinski definition) is 6. The molecule has 2 heterocycles. The molecule has 242 valence electrons. The minimum atomic E-state index is -0.748. The number of ether oxygens (including phenoxy) is 1. The van der Waals surface area contributed by atoms with E-state index in [1.807, 2.05) is 54.6 Å². The molecule has 2 aliphatic rings. The molecule has 0 aromatic heterocycles. The van der Waals surface area contributed by atoms with E-state index >= 15 is 0 Å². The van der Waals surface area contributed by atoms with Crippen LogP contribution in [0.5, 0.6) is 0 Å². The molecular weight excluding hydrogens is 582 g/mol. The Kier molecular flexibility index (Phi) is 11.0. The van der Waals surface area contributed by atoms with Gasteiger partial charge in [-0.15, -0.1) is 0 Å². The minimum absolute atomic E-state index is 0.00464. The summed E-state index contributed by atoms with van der Waals surface area (Å²) in [5, 5.41) is 11.8. The molecule has 46 heavy (non-hydrogen) atoms. The Balaban J connectivity index is 1.23. The number of alkyl carbamates (subject to hydrolysis) is 1. The first-order valence-electron chi connectivity index (χ1n) is 16.1. The largest absolute Gasteiger partial charge is 0.453 e. The molecule has 3 aromatic carbocycles. The number of methoxy groups -OCH3 is 1. The van der Waals surface area contributed by atoms with E-state index in [-0.39, 0.29) is 29.7 Å². The third kappa shape index (κ3) is 8.11. The van der Waals surface area contributed by atoms with Crippen molar-refractivity contribution in [3.05, 3.63) is 95.6 Å². The molecule has 0 radical (unpaired) electrons. The molecular formula is C36H43N5O5. The average molecular weight is 626 g/mol. The quantitative estimate of drug-likeness (QED) is 0.242. The number of carbonyl (C=O) groups excluding carboxylic acids is 4. The third-order valence-electron chi connectivity index (χ3n) is 8.84. The Bertz CT molecular complexity index is 1490. The van der Waals surface area contributed by atoms with Gasteiger partial charge in [-0.25, -0.2) is 4.79 Å². The van der Waals surface area contributed by atoms with Crippen LogP contribution in [0.1, 0.15) is 61.6 Å². The molecule has 4 atom stereocenters. The number of anilines is 2. The standard InChI is InChI=1S/C36H43N5O5/c1-3-30(40-36(45)46-2)35(44)41-22-8-12-32(41)34(43)39-27-17-13-24(14-18-27)23-29(25-9-5-4-6-10-25)26-15-19-28(20-16-26)38-33(42)31-11-7-21-37-31/h4-6,9-10,13-20,29-32,37H,3,7-8,11-12,21-23H2,1-2H3,(H,38,42)(H,39,43)(H,40,45)/t29?,30-,31-,32-/m0/s1. The highest BCUT2D eigenvalue weighted by Gasteiger charge is 2.37. The van der Waals surface area contributed by atoms with Crippen LogP contribution >= 0.6 is 0 Å². The van der Waals surface area contributed by atoms with Crippen molar-refractivity contribution >= 4 is 35.2 Å². The van der Waals surface area contributed by atoms with Crippen LogP contribution in [-0.4, -0.2) is 67.0 Å². The van der Waals surface area contributed by atoms with Crippen molar-refractivity contribution in [2.24, 2.45) is 0 Å². The van der Waals surface area contributed by atoms with Crippen molar-refractivity contribution in [3.63, 3.8) is 0 Å². The minimum Gasteiger partial charge on any atom is -0.453 e. The van der Waals surface area contributed by atoms with Gasteiger partial charge < -0.3 is 30.9 Å². The summed E-state index contributed by atoms with van der Waals surface area (Å²) in [7, 11) is 1.25. The van der Waals surface area contributed by atoms with Gasteiger partial charge in [0.25, 0.3) is 0 Å². The normalized spacial score (nSPS) is 18.8. The van der Waals surface area contributed by atoms with E-state index in [1.54, 1.807) is 11.8 Å². The second-order valence-corrected chi connectivity index (χ2v) is 11.9. The lowest BCUT2D eigenvalue weighted by atomic mass is 9.86. The first kappa shape index (κ1) is 32.7. The van der Waals surface area contributed by atoms with Gasteiger partial charge in [0.2, 0.25) is 17.7 Å². The molecule has 1 unspecified atom stereocenters. The number of nitrogens with one attached hydrogen (secondary N) is 4. The molecule has 0 spiro atoms. The van der Waals surface area contributed by atoms with Gasteiger partial charge in [0.1, 0.15) is 12.1 Å². The van der Waals surface area contributed by atoms with Crippen LogP contribution in [0.3, 0.4) is 0 Å². The topological polar surface area (TPSA) is 129 Å². The zero-order valence-corrected chi connectivity index (χ0v) is 26.5. The number of likely N-dealkylation sites (tertiary alicyclic amines) is 1. The Morgan fingerprint density at radius 1 is 0.848 bits per heavy atom. The van der Waals surface area contributed by atoms with Gasteiger partial charge in [-0.1, -0.05) is 61.5 Å². The number of carbonyl (C=O) groups is 4. The third-order valence-corrected chi connectivity index (χ3v) is 8.84. The predicted molar refractivity (Wildman–Crippen MR) is 178 cm³/mol. The van der Waals surface area contributed by atoms with Crippen LogP contribution in [-0.2, 0) is 25.5 Å². The maximum atomic E-state index is 13.3. The fourth-order valence-corrected chi connectivity index (χ4v) is 6.28. The number of benzene rings is 3. The highest BCUT2D eigenvalue weighted by molar-refractivity contribution is 5.98. The van der Waals surface area contributed by atoms with Crippen LogP contribution in [0.25, 0.3) is 0 Å². The molecule has 2 fully saturated rings. The van der Waals surface area contributed by atoms with Gasteiger partial charge in [0, 0.05) is 23.8 Å². The van der Waals surface area contributed by atoms with Crippen LogP contribution in [0.2, 0.25) is 0 Å². The zero-order valence-electron chi connectivity index (χ0n) is 26.5. The fraction of sp³-hybridized carbons (Fsp3) is 0.389. The molecule has 4 N–H and O–H groups in total. The molecule has 0 aliphatic carbocycles. The summed E-state index contributed by atoms with van der Waals surface area (Å²) in [6.07, 6.45) is 3.60. The lowest BCUT2D eigenvalue weighted by Gasteiger charge is -2.28. The van der Waals surface area contributed by atoms with E-state index in [0.717, 1.165) is 42.6 Å². The molecule has 0 bridgehead atoms. The van der Waals surface area contributed by atoms with Gasteiger partial charge in [0.05, 0.1) is 13.2 Å². The van der Waals surface area contributed by atoms with Gasteiger partial charge in [-0.3, -0.25) is 14.4 Å². The maximum absolute atomic E-state index is 13.3. The average Bonchev–Trinajstić information content (AvgIpc) is 3.81. The smallest absolute Gasteiger partial charge is 0.407 e. The van der Waals surface area contributed by atoms with Crippen molar-refractivity contribution in [1.29, 1.82) is 0 Å². The highest BCUT2D eigenvalue weighted by atomic mass is 16.5. The summed E-state index contributed by atoms with van der Waals surface area (Å²) in [6.45, 7) is 3.14. The second-order valence-electron chi connectivity index (χ2n) is 11.9. The van der Waals surface area contributed by atoms with Crippen molar-refractivity contribution in [2.75, 3.05) is 30.8 Å². The van der Waals surface area contributed by atoms with Crippen LogP contribution in [0.4, 0.5) is 16.2 Å². The Labute approximate surface area is 270 Å². The molecule has 10 heteroatoms. The van der Waals surface area contributed by atoms with Crippen molar-refractivity contribution < 1.29 is 23.9 Å². The number of nitrogens with zero attached hydrogens (tertiary/aromatic N) is 1. The van der Waals surface area contributed by atoms with Crippen LogP contribution in [0, 0.1) is 0 Å². The van der Waals surface area contributed by atoms with E-state index in [4.69, 9.17) is 0 Å². The monoisotopic (exact) mass is 625 g/mol. The number of hydrogen-bond donors (Lipinski definition) is 4. The molecule has 4 amide bonds. The predicted octanol–water partition coefficient (Wildman–Crippen LogP) is 4.82. The first-order chi connectivity index (χ1) is 22.4. The summed E-state index contributed by atoms with van der Waals surface area (Å²) >= 11 is 0. The van der Waals surface area contributed by atoms with Crippen LogP contribution in [0.15, 0.2) is 78.9 Å². The van der Waals surface area contributed by atoms with Gasteiger partial charge in [-0.05, 0) is 86.0 Å². The van der Waals surface area contributed by atoms with Crippen LogP contribution < -0.4 is 21.3 Å². The Morgan fingerprint density at radius 3 is 2.13 bits per heavy atom. The van der Waals surface area contributed by atoms with Gasteiger partial charge in [-0.2, -0.15) is 0 Å². The Morgan fingerprint density at radius 2 is 1.50 bits per heavy atom. The summed E-state index contributed by atoms with van der Waals surface area (Å²) in [6, 6.07) is 24.7. The van der Waals surface area contributed by atoms with E-state index in [0.29, 0.717) is 31.5 Å². The fourth-order valence-electron chi connectivity index (χ4n) is 6.28. The molecule has 0 saturated carbocycles. The Hall–Kier alpha value is -4.70. The van der Waals surface area contributed by atoms with E-state index in [1.165, 1.54) is 12.7 Å². The van der Waals surface area contributed by atoms with E-state index in [9.17, 15) is 19.2 Å². The van der Waals surface area contributed by atoms with Crippen molar-refractivity contribution in [3.8, 4) is 0 Å². The SMILES string of the molecule is CC[C@H](NC(=O)OC)C(=O)N1CCC[C@H]1C(=O)Nc1ccc(CC(c2ccccc2)c2ccc(NC(=O)[C@@H]3CCCN3)cc2)cc1. The lowest BCUT2D eigenvalue weighted by Crippen LogP contribution is -2.52. The number of rotatable bonds is 11. The zero-order chi connectivity index (χ0) is 32.5. The second kappa shape index (κ2) is 15.5. The van der Waals surface area contributed by atoms with Gasteiger partial charge >= 0.3 is 6.09 Å². The highest BCUT2D eigenvalue weighted by Crippen LogP contribution is 2.30. The number of amides is 4. The molecule has 3 aromatic rings. The summed E-state index contributed by atoms with van der Waals surface area (Å²) in [5.74, 6) is -0.435. The molecule has 10 nitrogen and oxygen atoms in total.